The molecule has 4 nitrogen and oxygen atoms in total. The van der Waals surface area contributed by atoms with E-state index in [4.69, 9.17) is 14.3 Å². The molecule has 0 atom stereocenters. The minimum absolute atomic E-state index is 0.0946. The molecule has 0 fully saturated rings. The van der Waals surface area contributed by atoms with Gasteiger partial charge in [-0.1, -0.05) is 12.1 Å². The summed E-state index contributed by atoms with van der Waals surface area (Å²) in [5.41, 5.74) is 0.553. The number of nitrogens with zero attached hydrogens (tertiary/aromatic N) is 1. The van der Waals surface area contributed by atoms with E-state index in [9.17, 15) is 8.96 Å². The topological polar surface area (TPSA) is 59.3 Å². The van der Waals surface area contributed by atoms with Crippen LogP contribution in [0.25, 0.3) is 6.08 Å². The molecule has 0 N–H and O–H groups in total. The monoisotopic (exact) mass is 283 g/mol. The van der Waals surface area contributed by atoms with Crippen molar-refractivity contribution in [1.82, 2.24) is 0 Å². The molecule has 0 aromatic heterocycles. The third-order valence-electron chi connectivity index (χ3n) is 2.18. The predicted octanol–water partition coefficient (Wildman–Crippen LogP) is 3.96. The number of allylic oxidation sites excluding steroid dienone is 1. The third-order valence-corrected chi connectivity index (χ3v) is 4.20. The van der Waals surface area contributed by atoms with Crippen LogP contribution in [0.15, 0.2) is 29.6 Å². The molecular formula is C13H15FNO3P. The van der Waals surface area contributed by atoms with Gasteiger partial charge >= 0.3 is 7.60 Å². The van der Waals surface area contributed by atoms with Crippen molar-refractivity contribution in [2.45, 2.75) is 13.8 Å². The zero-order chi connectivity index (χ0) is 14.3. The second-order valence-corrected chi connectivity index (χ2v) is 5.52. The van der Waals surface area contributed by atoms with E-state index >= 15 is 0 Å². The molecule has 102 valence electrons. The highest BCUT2D eigenvalue weighted by Gasteiger charge is 2.29. The lowest BCUT2D eigenvalue weighted by atomic mass is 10.2. The van der Waals surface area contributed by atoms with Gasteiger partial charge < -0.3 is 9.05 Å². The van der Waals surface area contributed by atoms with E-state index in [-0.39, 0.29) is 24.3 Å². The van der Waals surface area contributed by atoms with E-state index in [1.807, 2.05) is 6.07 Å². The number of benzene rings is 1. The van der Waals surface area contributed by atoms with E-state index in [1.165, 1.54) is 30.3 Å². The number of hydrogen-bond donors (Lipinski definition) is 0. The Bertz CT molecular complexity index is 524. The Morgan fingerprint density at radius 1 is 1.32 bits per heavy atom. The molecule has 0 unspecified atom stereocenters. The van der Waals surface area contributed by atoms with E-state index < -0.39 is 7.60 Å². The average Bonchev–Trinajstić information content (AvgIpc) is 2.38. The van der Waals surface area contributed by atoms with Gasteiger partial charge in [0.05, 0.1) is 13.2 Å². The largest absolute Gasteiger partial charge is 0.371 e. The summed E-state index contributed by atoms with van der Waals surface area (Å²) in [6.07, 6.45) is 1.38. The molecule has 0 aliphatic carbocycles. The van der Waals surface area contributed by atoms with Crippen LogP contribution in [0.2, 0.25) is 0 Å². The molecule has 0 aliphatic rings. The van der Waals surface area contributed by atoms with Crippen molar-refractivity contribution in [3.8, 4) is 6.07 Å². The summed E-state index contributed by atoms with van der Waals surface area (Å²) in [5, 5.41) is 9.01. The molecule has 0 aliphatic heterocycles. The summed E-state index contributed by atoms with van der Waals surface area (Å²) < 4.78 is 35.4. The summed E-state index contributed by atoms with van der Waals surface area (Å²) in [7, 11) is -3.60. The van der Waals surface area contributed by atoms with Gasteiger partial charge in [0.15, 0.2) is 0 Å². The minimum atomic E-state index is -3.60. The van der Waals surface area contributed by atoms with Gasteiger partial charge in [-0.2, -0.15) is 5.26 Å². The number of nitriles is 1. The summed E-state index contributed by atoms with van der Waals surface area (Å²) in [4.78, 5) is 0. The van der Waals surface area contributed by atoms with Crippen LogP contribution < -0.4 is 0 Å². The average molecular weight is 283 g/mol. The van der Waals surface area contributed by atoms with Crippen molar-refractivity contribution >= 4 is 13.7 Å². The van der Waals surface area contributed by atoms with E-state index in [2.05, 4.69) is 0 Å². The lowest BCUT2D eigenvalue weighted by Gasteiger charge is -2.15. The van der Waals surface area contributed by atoms with Crippen LogP contribution in [0.1, 0.15) is 19.4 Å². The SMILES string of the molecule is CCOP(=O)(OCC)/C(C#N)=C/c1ccc(F)cc1. The Balaban J connectivity index is 3.14. The molecule has 0 radical (unpaired) electrons. The van der Waals surface area contributed by atoms with Crippen molar-refractivity contribution in [2.75, 3.05) is 13.2 Å². The maximum Gasteiger partial charge on any atom is 0.371 e. The fraction of sp³-hybridized carbons (Fsp3) is 0.308. The molecule has 6 heteroatoms. The van der Waals surface area contributed by atoms with Crippen molar-refractivity contribution in [2.24, 2.45) is 0 Å². The zero-order valence-corrected chi connectivity index (χ0v) is 11.7. The third kappa shape index (κ3) is 4.29. The van der Waals surface area contributed by atoms with Crippen molar-refractivity contribution in [3.05, 3.63) is 41.0 Å². The summed E-state index contributed by atoms with van der Waals surface area (Å²) >= 11 is 0. The number of hydrogen-bond acceptors (Lipinski definition) is 4. The Kier molecular flexibility index (Phi) is 5.91. The van der Waals surface area contributed by atoms with Gasteiger partial charge in [0.2, 0.25) is 0 Å². The Hall–Kier alpha value is -1.47. The van der Waals surface area contributed by atoms with Crippen LogP contribution in [0.5, 0.6) is 0 Å². The van der Waals surface area contributed by atoms with Crippen LogP contribution in [0.4, 0.5) is 4.39 Å². The van der Waals surface area contributed by atoms with Crippen molar-refractivity contribution in [3.63, 3.8) is 0 Å². The molecule has 1 rings (SSSR count). The predicted molar refractivity (Wildman–Crippen MR) is 70.8 cm³/mol. The summed E-state index contributed by atoms with van der Waals surface area (Å²) in [5.74, 6) is -0.381. The summed E-state index contributed by atoms with van der Waals surface area (Å²) in [6.45, 7) is 3.66. The first-order valence-corrected chi connectivity index (χ1v) is 7.37. The zero-order valence-electron chi connectivity index (χ0n) is 10.8. The van der Waals surface area contributed by atoms with E-state index in [0.29, 0.717) is 5.56 Å². The highest BCUT2D eigenvalue weighted by Crippen LogP contribution is 2.56. The molecule has 19 heavy (non-hydrogen) atoms. The fourth-order valence-corrected chi connectivity index (χ4v) is 2.87. The van der Waals surface area contributed by atoms with Crippen LogP contribution in [-0.2, 0) is 13.6 Å². The molecule has 1 aromatic rings. The number of halogens is 1. The van der Waals surface area contributed by atoms with E-state index in [1.54, 1.807) is 13.8 Å². The van der Waals surface area contributed by atoms with Crippen molar-refractivity contribution in [1.29, 1.82) is 5.26 Å². The first kappa shape index (κ1) is 15.6. The molecule has 0 heterocycles. The second kappa shape index (κ2) is 7.20. The quantitative estimate of drug-likeness (QED) is 0.585. The first-order chi connectivity index (χ1) is 9.05. The lowest BCUT2D eigenvalue weighted by Crippen LogP contribution is -1.97. The van der Waals surface area contributed by atoms with Gasteiger partial charge in [-0.15, -0.1) is 0 Å². The van der Waals surface area contributed by atoms with E-state index in [0.717, 1.165) is 0 Å². The number of rotatable bonds is 6. The summed E-state index contributed by atoms with van der Waals surface area (Å²) in [6, 6.07) is 7.31. The van der Waals surface area contributed by atoms with Crippen LogP contribution >= 0.6 is 7.60 Å². The molecular weight excluding hydrogens is 268 g/mol. The molecule has 1 aromatic carbocycles. The van der Waals surface area contributed by atoms with Crippen LogP contribution in [-0.4, -0.2) is 13.2 Å². The normalized spacial score (nSPS) is 12.2. The standard InChI is InChI=1S/C13H15FNO3P/c1-3-17-19(16,18-4-2)13(10-15)9-11-5-7-12(14)8-6-11/h5-9H,3-4H2,1-2H3/b13-9+. The lowest BCUT2D eigenvalue weighted by molar-refractivity contribution is 0.227. The highest BCUT2D eigenvalue weighted by atomic mass is 31.2. The maximum atomic E-state index is 12.8. The first-order valence-electron chi connectivity index (χ1n) is 5.82. The van der Waals surface area contributed by atoms with Gasteiger partial charge in [0.25, 0.3) is 0 Å². The Morgan fingerprint density at radius 3 is 2.26 bits per heavy atom. The van der Waals surface area contributed by atoms with Crippen LogP contribution in [0.3, 0.4) is 0 Å². The molecule has 0 saturated carbocycles. The van der Waals surface area contributed by atoms with Crippen molar-refractivity contribution < 1.29 is 18.0 Å². The Labute approximate surface area is 112 Å². The van der Waals surface area contributed by atoms with Gasteiger partial charge in [-0.3, -0.25) is 4.57 Å². The molecule has 0 amide bonds. The maximum absolute atomic E-state index is 12.8. The smallest absolute Gasteiger partial charge is 0.305 e. The molecule has 0 saturated heterocycles. The van der Waals surface area contributed by atoms with Gasteiger partial charge in [0.1, 0.15) is 17.2 Å². The second-order valence-electron chi connectivity index (χ2n) is 3.53. The minimum Gasteiger partial charge on any atom is -0.305 e. The molecule has 0 bridgehead atoms. The fourth-order valence-electron chi connectivity index (χ4n) is 1.41. The van der Waals surface area contributed by atoms with Gasteiger partial charge in [-0.05, 0) is 37.6 Å². The Morgan fingerprint density at radius 2 is 1.84 bits per heavy atom. The molecule has 0 spiro atoms. The highest BCUT2D eigenvalue weighted by molar-refractivity contribution is 7.59. The van der Waals surface area contributed by atoms with Crippen LogP contribution in [0, 0.1) is 17.1 Å². The van der Waals surface area contributed by atoms with Gasteiger partial charge in [-0.25, -0.2) is 4.39 Å². The van der Waals surface area contributed by atoms with Gasteiger partial charge in [0, 0.05) is 0 Å².